The van der Waals surface area contributed by atoms with Crippen molar-refractivity contribution < 1.29 is 0 Å². The Morgan fingerprint density at radius 1 is 1.29 bits per heavy atom. The zero-order valence-electron chi connectivity index (χ0n) is 13.6. The number of rotatable bonds is 4. The molecule has 0 radical (unpaired) electrons. The van der Waals surface area contributed by atoms with E-state index in [-0.39, 0.29) is 0 Å². The van der Waals surface area contributed by atoms with E-state index in [1.54, 1.807) is 0 Å². The Bertz CT molecular complexity index is 436. The zero-order valence-corrected chi connectivity index (χ0v) is 13.6. The summed E-state index contributed by atoms with van der Waals surface area (Å²) in [4.78, 5) is 7.13. The van der Waals surface area contributed by atoms with Gasteiger partial charge in [0.15, 0.2) is 0 Å². The van der Waals surface area contributed by atoms with Crippen LogP contribution in [0.25, 0.3) is 0 Å². The van der Waals surface area contributed by atoms with E-state index in [0.717, 1.165) is 25.4 Å². The van der Waals surface area contributed by atoms with Crippen LogP contribution in [0.3, 0.4) is 0 Å². The molecule has 118 valence electrons. The first kappa shape index (κ1) is 15.0. The summed E-state index contributed by atoms with van der Waals surface area (Å²) in [7, 11) is 2.09. The Labute approximate surface area is 128 Å². The van der Waals surface area contributed by atoms with Crippen molar-refractivity contribution in [3.05, 3.63) is 18.2 Å². The molecule has 1 saturated heterocycles. The van der Waals surface area contributed by atoms with Gasteiger partial charge in [-0.25, -0.2) is 4.98 Å². The number of aromatic nitrogens is 2. The average molecular weight is 290 g/mol. The van der Waals surface area contributed by atoms with Gasteiger partial charge in [-0.3, -0.25) is 4.90 Å². The van der Waals surface area contributed by atoms with Crippen molar-refractivity contribution in [2.24, 2.45) is 13.0 Å². The first-order chi connectivity index (χ1) is 10.2. The fourth-order valence-corrected chi connectivity index (χ4v) is 3.99. The highest BCUT2D eigenvalue weighted by molar-refractivity contribution is 4.94. The van der Waals surface area contributed by atoms with E-state index in [9.17, 15) is 0 Å². The lowest BCUT2D eigenvalue weighted by Crippen LogP contribution is -2.58. The Balaban J connectivity index is 1.54. The molecule has 1 saturated carbocycles. The van der Waals surface area contributed by atoms with Gasteiger partial charge in [-0.1, -0.05) is 19.3 Å². The maximum absolute atomic E-state index is 4.45. The van der Waals surface area contributed by atoms with Gasteiger partial charge in [-0.05, 0) is 25.7 Å². The summed E-state index contributed by atoms with van der Waals surface area (Å²) in [6.45, 7) is 5.84. The van der Waals surface area contributed by atoms with E-state index in [1.165, 1.54) is 44.5 Å². The first-order valence-corrected chi connectivity index (χ1v) is 8.67. The van der Waals surface area contributed by atoms with Crippen molar-refractivity contribution in [1.29, 1.82) is 0 Å². The van der Waals surface area contributed by atoms with Gasteiger partial charge in [0.1, 0.15) is 5.82 Å². The summed E-state index contributed by atoms with van der Waals surface area (Å²) in [6.07, 6.45) is 12.2. The van der Waals surface area contributed by atoms with Gasteiger partial charge in [-0.2, -0.15) is 0 Å². The molecule has 0 spiro atoms. The van der Waals surface area contributed by atoms with E-state index < -0.39 is 0 Å². The van der Waals surface area contributed by atoms with Gasteiger partial charge in [-0.15, -0.1) is 0 Å². The Morgan fingerprint density at radius 2 is 2.10 bits per heavy atom. The molecule has 2 fully saturated rings. The lowest BCUT2D eigenvalue weighted by atomic mass is 9.82. The third-order valence-electron chi connectivity index (χ3n) is 5.49. The van der Waals surface area contributed by atoms with Gasteiger partial charge in [0.25, 0.3) is 0 Å². The Kier molecular flexibility index (Phi) is 4.96. The van der Waals surface area contributed by atoms with Crippen LogP contribution in [-0.2, 0) is 13.5 Å². The summed E-state index contributed by atoms with van der Waals surface area (Å²) >= 11 is 0. The summed E-state index contributed by atoms with van der Waals surface area (Å²) < 4.78 is 2.14. The maximum atomic E-state index is 4.45. The van der Waals surface area contributed by atoms with Gasteiger partial charge in [0.05, 0.1) is 0 Å². The van der Waals surface area contributed by atoms with Crippen LogP contribution in [0.15, 0.2) is 12.4 Å². The third-order valence-corrected chi connectivity index (χ3v) is 5.49. The molecule has 4 heteroatoms. The third kappa shape index (κ3) is 3.67. The van der Waals surface area contributed by atoms with Crippen LogP contribution in [0.4, 0.5) is 0 Å². The minimum absolute atomic E-state index is 0.644. The summed E-state index contributed by atoms with van der Waals surface area (Å²) in [6, 6.07) is 1.35. The van der Waals surface area contributed by atoms with Crippen molar-refractivity contribution in [2.45, 2.75) is 57.5 Å². The van der Waals surface area contributed by atoms with Crippen molar-refractivity contribution in [3.63, 3.8) is 0 Å². The molecule has 4 nitrogen and oxygen atoms in total. The van der Waals surface area contributed by atoms with E-state index >= 15 is 0 Å². The fraction of sp³-hybridized carbons (Fsp3) is 0.824. The van der Waals surface area contributed by atoms with Crippen molar-refractivity contribution in [2.75, 3.05) is 19.6 Å². The zero-order chi connectivity index (χ0) is 14.7. The minimum Gasteiger partial charge on any atom is -0.338 e. The number of nitrogens with one attached hydrogen (secondary N) is 1. The quantitative estimate of drug-likeness (QED) is 0.923. The normalized spacial score (nSPS) is 28.9. The lowest BCUT2D eigenvalue weighted by molar-refractivity contribution is 0.105. The Hall–Kier alpha value is -0.870. The second-order valence-corrected chi connectivity index (χ2v) is 6.96. The van der Waals surface area contributed by atoms with Gasteiger partial charge < -0.3 is 9.88 Å². The van der Waals surface area contributed by atoms with Crippen molar-refractivity contribution in [3.8, 4) is 0 Å². The molecule has 1 aromatic rings. The maximum Gasteiger partial charge on any atom is 0.109 e. The number of hydrogen-bond donors (Lipinski definition) is 1. The molecule has 3 rings (SSSR count). The number of piperazine rings is 1. The number of nitrogens with zero attached hydrogens (tertiary/aromatic N) is 3. The van der Waals surface area contributed by atoms with Crippen molar-refractivity contribution >= 4 is 0 Å². The van der Waals surface area contributed by atoms with Crippen LogP contribution < -0.4 is 5.32 Å². The van der Waals surface area contributed by atoms with Crippen molar-refractivity contribution in [1.82, 2.24) is 19.8 Å². The van der Waals surface area contributed by atoms with Gasteiger partial charge in [0, 0.05) is 57.6 Å². The molecule has 0 amide bonds. The monoisotopic (exact) mass is 290 g/mol. The molecule has 1 aliphatic carbocycles. The van der Waals surface area contributed by atoms with Gasteiger partial charge in [0.2, 0.25) is 0 Å². The standard InChI is InChI=1S/C17H30N4/c1-14-12-19-16(15-6-4-3-5-7-15)13-21(14)10-8-17-18-9-11-20(17)2/h9,11,14-16,19H,3-8,10,12-13H2,1-2H3. The molecule has 21 heavy (non-hydrogen) atoms. The van der Waals surface area contributed by atoms with E-state index in [4.69, 9.17) is 0 Å². The smallest absolute Gasteiger partial charge is 0.109 e. The van der Waals surface area contributed by atoms with Crippen LogP contribution >= 0.6 is 0 Å². The van der Waals surface area contributed by atoms with Crippen LogP contribution in [0.5, 0.6) is 0 Å². The summed E-state index contributed by atoms with van der Waals surface area (Å²) in [5.41, 5.74) is 0. The molecule has 2 aliphatic rings. The highest BCUT2D eigenvalue weighted by Gasteiger charge is 2.30. The van der Waals surface area contributed by atoms with E-state index in [0.29, 0.717) is 12.1 Å². The second-order valence-electron chi connectivity index (χ2n) is 6.96. The number of aryl methyl sites for hydroxylation is 1. The Morgan fingerprint density at radius 3 is 2.81 bits per heavy atom. The predicted octanol–water partition coefficient (Wildman–Crippen LogP) is 2.21. The summed E-state index contributed by atoms with van der Waals surface area (Å²) in [5, 5.41) is 3.81. The largest absolute Gasteiger partial charge is 0.338 e. The predicted molar refractivity (Wildman–Crippen MR) is 86.3 cm³/mol. The second kappa shape index (κ2) is 6.93. The van der Waals surface area contributed by atoms with E-state index in [1.807, 2.05) is 12.4 Å². The first-order valence-electron chi connectivity index (χ1n) is 8.67. The molecular formula is C17H30N4. The molecule has 2 heterocycles. The molecule has 1 aliphatic heterocycles. The van der Waals surface area contributed by atoms with Crippen LogP contribution in [0.2, 0.25) is 0 Å². The number of imidazole rings is 1. The SMILES string of the molecule is CC1CNC(C2CCCCC2)CN1CCc1nccn1C. The average Bonchev–Trinajstić information content (AvgIpc) is 2.93. The highest BCUT2D eigenvalue weighted by atomic mass is 15.2. The summed E-state index contributed by atoms with van der Waals surface area (Å²) in [5.74, 6) is 2.11. The molecule has 1 N–H and O–H groups in total. The van der Waals surface area contributed by atoms with Crippen LogP contribution in [0.1, 0.15) is 44.9 Å². The molecular weight excluding hydrogens is 260 g/mol. The van der Waals surface area contributed by atoms with Crippen LogP contribution in [-0.4, -0.2) is 46.2 Å². The molecule has 1 aromatic heterocycles. The molecule has 2 atom stereocenters. The van der Waals surface area contributed by atoms with E-state index in [2.05, 4.69) is 33.7 Å². The molecule has 0 aromatic carbocycles. The lowest BCUT2D eigenvalue weighted by Gasteiger charge is -2.42. The molecule has 0 bridgehead atoms. The van der Waals surface area contributed by atoms with Gasteiger partial charge >= 0.3 is 0 Å². The fourth-order valence-electron chi connectivity index (χ4n) is 3.99. The highest BCUT2D eigenvalue weighted by Crippen LogP contribution is 2.28. The topological polar surface area (TPSA) is 33.1 Å². The minimum atomic E-state index is 0.644. The van der Waals surface area contributed by atoms with Crippen LogP contribution in [0, 0.1) is 5.92 Å². The molecule has 2 unspecified atom stereocenters. The number of hydrogen-bond acceptors (Lipinski definition) is 3.